The number of rotatable bonds is 7. The van der Waals surface area contributed by atoms with E-state index in [9.17, 15) is 4.79 Å². The molecular formula is C25H25ClN4O2. The quantitative estimate of drug-likeness (QED) is 0.392. The highest BCUT2D eigenvalue weighted by Gasteiger charge is 2.13. The number of nitrogens with zero attached hydrogens (tertiary/aromatic N) is 3. The summed E-state index contributed by atoms with van der Waals surface area (Å²) in [7, 11) is 0. The minimum Gasteiger partial charge on any atom is -0.493 e. The van der Waals surface area contributed by atoms with Crippen molar-refractivity contribution in [2.24, 2.45) is 5.92 Å². The van der Waals surface area contributed by atoms with Crippen LogP contribution in [-0.4, -0.2) is 27.3 Å². The van der Waals surface area contributed by atoms with Gasteiger partial charge in [-0.05, 0) is 43.2 Å². The van der Waals surface area contributed by atoms with Crippen molar-refractivity contribution in [3.8, 4) is 5.75 Å². The van der Waals surface area contributed by atoms with Crippen LogP contribution in [0, 0.1) is 12.8 Å². The third-order valence-electron chi connectivity index (χ3n) is 4.99. The highest BCUT2D eigenvalue weighted by molar-refractivity contribution is 6.30. The Kier molecular flexibility index (Phi) is 6.42. The fourth-order valence-corrected chi connectivity index (χ4v) is 3.54. The van der Waals surface area contributed by atoms with Crippen LogP contribution in [0.4, 0.5) is 5.82 Å². The van der Waals surface area contributed by atoms with E-state index in [1.807, 2.05) is 66.2 Å². The summed E-state index contributed by atoms with van der Waals surface area (Å²) in [5, 5.41) is 8.98. The Labute approximate surface area is 192 Å². The molecule has 1 N–H and O–H groups in total. The number of amides is 1. The van der Waals surface area contributed by atoms with E-state index in [-0.39, 0.29) is 5.91 Å². The number of aromatic nitrogens is 3. The highest BCUT2D eigenvalue weighted by Crippen LogP contribution is 2.25. The number of pyridine rings is 1. The van der Waals surface area contributed by atoms with Crippen molar-refractivity contribution in [1.29, 1.82) is 0 Å². The third-order valence-corrected chi connectivity index (χ3v) is 5.23. The molecule has 0 saturated heterocycles. The summed E-state index contributed by atoms with van der Waals surface area (Å²) in [6, 6.07) is 16.9. The molecule has 0 spiro atoms. The summed E-state index contributed by atoms with van der Waals surface area (Å²) < 4.78 is 7.78. The second-order valence-electron chi connectivity index (χ2n) is 8.16. The molecule has 6 nitrogen and oxygen atoms in total. The van der Waals surface area contributed by atoms with Crippen molar-refractivity contribution in [1.82, 2.24) is 14.8 Å². The van der Waals surface area contributed by atoms with Gasteiger partial charge in [0.25, 0.3) is 5.91 Å². The fourth-order valence-electron chi connectivity index (χ4n) is 3.35. The number of carbonyl (C=O) groups excluding carboxylic acids is 1. The molecule has 0 aliphatic rings. The lowest BCUT2D eigenvalue weighted by Gasteiger charge is -2.14. The van der Waals surface area contributed by atoms with Crippen LogP contribution < -0.4 is 10.1 Å². The lowest BCUT2D eigenvalue weighted by Crippen LogP contribution is -2.13. The minimum atomic E-state index is -0.253. The van der Waals surface area contributed by atoms with E-state index in [2.05, 4.69) is 29.2 Å². The van der Waals surface area contributed by atoms with E-state index < -0.39 is 0 Å². The topological polar surface area (TPSA) is 69.0 Å². The van der Waals surface area contributed by atoms with Crippen molar-refractivity contribution in [2.75, 3.05) is 11.9 Å². The predicted molar refractivity (Wildman–Crippen MR) is 128 cm³/mol. The molecule has 0 atom stereocenters. The van der Waals surface area contributed by atoms with E-state index in [4.69, 9.17) is 16.3 Å². The zero-order valence-corrected chi connectivity index (χ0v) is 19.1. The summed E-state index contributed by atoms with van der Waals surface area (Å²) in [4.78, 5) is 17.1. The molecule has 4 rings (SSSR count). The second-order valence-corrected chi connectivity index (χ2v) is 8.59. The lowest BCUT2D eigenvalue weighted by molar-refractivity contribution is 0.102. The first-order chi connectivity index (χ1) is 15.4. The first kappa shape index (κ1) is 21.8. The highest BCUT2D eigenvalue weighted by atomic mass is 35.5. The van der Waals surface area contributed by atoms with Crippen LogP contribution in [0.1, 0.15) is 35.5 Å². The number of aryl methyl sites for hydroxylation is 1. The number of nitrogens with one attached hydrogen (secondary N) is 1. The van der Waals surface area contributed by atoms with Gasteiger partial charge in [0.15, 0.2) is 5.82 Å². The average molecular weight is 449 g/mol. The van der Waals surface area contributed by atoms with Crippen LogP contribution in [0.15, 0.2) is 60.8 Å². The molecule has 1 amide bonds. The molecule has 2 aromatic carbocycles. The molecule has 0 aliphatic heterocycles. The molecule has 0 radical (unpaired) electrons. The molecule has 0 aliphatic carbocycles. The van der Waals surface area contributed by atoms with Gasteiger partial charge in [0, 0.05) is 33.9 Å². The Balaban J connectivity index is 1.52. The molecule has 2 heterocycles. The third kappa shape index (κ3) is 5.08. The molecule has 32 heavy (non-hydrogen) atoms. The zero-order chi connectivity index (χ0) is 22.7. The van der Waals surface area contributed by atoms with E-state index in [0.717, 1.165) is 27.9 Å². The maximum absolute atomic E-state index is 12.7. The maximum atomic E-state index is 12.7. The van der Waals surface area contributed by atoms with E-state index in [1.54, 1.807) is 6.20 Å². The second kappa shape index (κ2) is 9.40. The number of hydrogen-bond donors (Lipinski definition) is 1. The number of anilines is 1. The Hall–Kier alpha value is -3.38. The number of benzene rings is 2. The van der Waals surface area contributed by atoms with Gasteiger partial charge in [-0.2, -0.15) is 5.10 Å². The van der Waals surface area contributed by atoms with Gasteiger partial charge in [-0.25, -0.2) is 0 Å². The Bertz CT molecular complexity index is 1270. The van der Waals surface area contributed by atoms with Crippen molar-refractivity contribution < 1.29 is 9.53 Å². The van der Waals surface area contributed by atoms with E-state index in [1.165, 1.54) is 0 Å². The van der Waals surface area contributed by atoms with Gasteiger partial charge in [-0.3, -0.25) is 14.5 Å². The van der Waals surface area contributed by atoms with Gasteiger partial charge in [0.05, 0.1) is 24.2 Å². The van der Waals surface area contributed by atoms with Crippen LogP contribution in [0.25, 0.3) is 10.9 Å². The average Bonchev–Trinajstić information content (AvgIpc) is 3.11. The first-order valence-corrected chi connectivity index (χ1v) is 10.9. The smallest absolute Gasteiger partial charge is 0.258 e. The summed E-state index contributed by atoms with van der Waals surface area (Å²) in [6.45, 7) is 7.25. The molecule has 0 fully saturated rings. The van der Waals surface area contributed by atoms with Gasteiger partial charge in [0.2, 0.25) is 0 Å². The number of para-hydroxylation sites is 1. The molecule has 0 unspecified atom stereocenters. The standard InChI is InChI=1S/C25H25ClN4O2/c1-16(2)15-32-23-9-8-21(26)12-20(23)14-30-17(3)10-24(29-30)28-25(31)19-11-18-6-4-5-7-22(18)27-13-19/h4-13,16H,14-15H2,1-3H3,(H,28,29,31). The number of carbonyl (C=O) groups is 1. The van der Waals surface area contributed by atoms with Crippen LogP contribution >= 0.6 is 11.6 Å². The van der Waals surface area contributed by atoms with Crippen molar-refractivity contribution >= 4 is 34.2 Å². The minimum absolute atomic E-state index is 0.253. The maximum Gasteiger partial charge on any atom is 0.258 e. The molecule has 4 aromatic rings. The Morgan fingerprint density at radius 3 is 2.78 bits per heavy atom. The summed E-state index contributed by atoms with van der Waals surface area (Å²) >= 11 is 6.22. The largest absolute Gasteiger partial charge is 0.493 e. The van der Waals surface area contributed by atoms with Crippen LogP contribution in [0.2, 0.25) is 5.02 Å². The summed E-state index contributed by atoms with van der Waals surface area (Å²) in [6.07, 6.45) is 1.58. The van der Waals surface area contributed by atoms with Crippen molar-refractivity contribution in [3.05, 3.63) is 82.6 Å². The van der Waals surface area contributed by atoms with Gasteiger partial charge < -0.3 is 10.1 Å². The van der Waals surface area contributed by atoms with Crippen molar-refractivity contribution in [2.45, 2.75) is 27.3 Å². The zero-order valence-electron chi connectivity index (χ0n) is 18.3. The Morgan fingerprint density at radius 1 is 1.16 bits per heavy atom. The lowest BCUT2D eigenvalue weighted by atomic mass is 10.1. The van der Waals surface area contributed by atoms with Crippen LogP contribution in [0.3, 0.4) is 0 Å². The normalized spacial score (nSPS) is 11.2. The van der Waals surface area contributed by atoms with Crippen LogP contribution in [-0.2, 0) is 6.54 Å². The first-order valence-electron chi connectivity index (χ1n) is 10.5. The predicted octanol–water partition coefficient (Wildman–Crippen LogP) is 5.73. The molecule has 164 valence electrons. The number of fused-ring (bicyclic) bond motifs is 1. The van der Waals surface area contributed by atoms with E-state index in [0.29, 0.717) is 35.5 Å². The molecule has 0 bridgehead atoms. The van der Waals surface area contributed by atoms with Gasteiger partial charge >= 0.3 is 0 Å². The van der Waals surface area contributed by atoms with Gasteiger partial charge in [-0.15, -0.1) is 0 Å². The molecule has 0 saturated carbocycles. The number of halogens is 1. The summed E-state index contributed by atoms with van der Waals surface area (Å²) in [5.41, 5.74) is 3.17. The number of ether oxygens (including phenoxy) is 1. The molecule has 7 heteroatoms. The van der Waals surface area contributed by atoms with Crippen molar-refractivity contribution in [3.63, 3.8) is 0 Å². The van der Waals surface area contributed by atoms with Gasteiger partial charge in [0.1, 0.15) is 5.75 Å². The Morgan fingerprint density at radius 2 is 1.97 bits per heavy atom. The van der Waals surface area contributed by atoms with Gasteiger partial charge in [-0.1, -0.05) is 43.6 Å². The van der Waals surface area contributed by atoms with Crippen LogP contribution in [0.5, 0.6) is 5.75 Å². The van der Waals surface area contributed by atoms with E-state index >= 15 is 0 Å². The number of hydrogen-bond acceptors (Lipinski definition) is 4. The SMILES string of the molecule is Cc1cc(NC(=O)c2cnc3ccccc3c2)nn1Cc1cc(Cl)ccc1OCC(C)C. The summed E-state index contributed by atoms with van der Waals surface area (Å²) in [5.74, 6) is 1.42. The monoisotopic (exact) mass is 448 g/mol. The fraction of sp³-hybridized carbons (Fsp3) is 0.240. The molecular weight excluding hydrogens is 424 g/mol. The molecule has 2 aromatic heterocycles.